The maximum Gasteiger partial charge on any atom is 0.309 e. The molecule has 0 amide bonds. The summed E-state index contributed by atoms with van der Waals surface area (Å²) in [5.41, 5.74) is 1.13. The van der Waals surface area contributed by atoms with Gasteiger partial charge in [-0.2, -0.15) is 0 Å². The van der Waals surface area contributed by atoms with Crippen LogP contribution in [-0.4, -0.2) is 49.7 Å². The van der Waals surface area contributed by atoms with Crippen molar-refractivity contribution < 1.29 is 24.1 Å². The Labute approximate surface area is 155 Å². The summed E-state index contributed by atoms with van der Waals surface area (Å²) < 4.78 is 16.3. The number of esters is 1. The Morgan fingerprint density at radius 1 is 1.27 bits per heavy atom. The lowest BCUT2D eigenvalue weighted by atomic mass is 10.0. The van der Waals surface area contributed by atoms with Gasteiger partial charge in [0.1, 0.15) is 6.10 Å². The Bertz CT molecular complexity index is 596. The monoisotopic (exact) mass is 360 g/mol. The molecule has 1 N–H and O–H groups in total. The van der Waals surface area contributed by atoms with Crippen LogP contribution in [0.25, 0.3) is 6.08 Å². The van der Waals surface area contributed by atoms with Crippen LogP contribution in [0.5, 0.6) is 0 Å². The fourth-order valence-corrected chi connectivity index (χ4v) is 2.89. The molecule has 4 atom stereocenters. The first-order valence-electron chi connectivity index (χ1n) is 8.93. The van der Waals surface area contributed by atoms with Crippen molar-refractivity contribution in [3.8, 4) is 0 Å². The molecule has 0 unspecified atom stereocenters. The van der Waals surface area contributed by atoms with E-state index in [1.54, 1.807) is 14.2 Å². The Morgan fingerprint density at radius 3 is 2.69 bits per heavy atom. The van der Waals surface area contributed by atoms with Crippen LogP contribution in [0, 0.1) is 0 Å². The van der Waals surface area contributed by atoms with Crippen LogP contribution in [0.15, 0.2) is 48.6 Å². The van der Waals surface area contributed by atoms with E-state index in [-0.39, 0.29) is 30.7 Å². The first kappa shape index (κ1) is 20.4. The van der Waals surface area contributed by atoms with E-state index in [2.05, 4.69) is 0 Å². The van der Waals surface area contributed by atoms with Gasteiger partial charge in [0.2, 0.25) is 0 Å². The molecule has 1 aliphatic heterocycles. The summed E-state index contributed by atoms with van der Waals surface area (Å²) in [5, 5.41) is 9.63. The highest BCUT2D eigenvalue weighted by Gasteiger charge is 2.25. The Balaban J connectivity index is 1.83. The second-order valence-corrected chi connectivity index (χ2v) is 6.42. The molecule has 1 aromatic rings. The fraction of sp³-hybridized carbons (Fsp3) is 0.476. The van der Waals surface area contributed by atoms with Crippen molar-refractivity contribution in [3.05, 3.63) is 54.1 Å². The molecule has 5 nitrogen and oxygen atoms in total. The number of cyclic esters (lactones) is 1. The van der Waals surface area contributed by atoms with Crippen molar-refractivity contribution in [2.24, 2.45) is 0 Å². The van der Waals surface area contributed by atoms with Crippen molar-refractivity contribution in [1.29, 1.82) is 0 Å². The summed E-state index contributed by atoms with van der Waals surface area (Å²) in [7, 11) is 3.36. The number of aliphatic hydroxyl groups excluding tert-OH is 1. The summed E-state index contributed by atoms with van der Waals surface area (Å²) in [5.74, 6) is -0.354. The van der Waals surface area contributed by atoms with Gasteiger partial charge >= 0.3 is 5.97 Å². The van der Waals surface area contributed by atoms with Crippen LogP contribution in [0.4, 0.5) is 0 Å². The molecule has 0 radical (unpaired) electrons. The fourth-order valence-electron chi connectivity index (χ4n) is 2.89. The molecular weight excluding hydrogens is 332 g/mol. The number of methoxy groups -OCH3 is 2. The first-order chi connectivity index (χ1) is 12.6. The molecule has 142 valence electrons. The van der Waals surface area contributed by atoms with Crippen LogP contribution in [0.2, 0.25) is 0 Å². The van der Waals surface area contributed by atoms with Crippen LogP contribution in [-0.2, 0) is 19.0 Å². The number of rotatable bonds is 9. The molecule has 0 aliphatic carbocycles. The van der Waals surface area contributed by atoms with Crippen LogP contribution >= 0.6 is 0 Å². The number of carbonyl (C=O) groups excluding carboxylic acids is 1. The summed E-state index contributed by atoms with van der Waals surface area (Å²) in [4.78, 5) is 11.3. The van der Waals surface area contributed by atoms with E-state index in [4.69, 9.17) is 14.2 Å². The lowest BCUT2D eigenvalue weighted by Crippen LogP contribution is -2.31. The summed E-state index contributed by atoms with van der Waals surface area (Å²) in [6.45, 7) is 0. The minimum atomic E-state index is -0.620. The Hall–Kier alpha value is -1.95. The van der Waals surface area contributed by atoms with Crippen LogP contribution in [0.3, 0.4) is 0 Å². The highest BCUT2D eigenvalue weighted by Crippen LogP contribution is 2.17. The summed E-state index contributed by atoms with van der Waals surface area (Å²) in [6.07, 6.45) is 8.71. The van der Waals surface area contributed by atoms with E-state index in [1.807, 2.05) is 54.6 Å². The number of carbonyl (C=O) groups is 1. The largest absolute Gasteiger partial charge is 0.458 e. The smallest absolute Gasteiger partial charge is 0.309 e. The lowest BCUT2D eigenvalue weighted by molar-refractivity contribution is -0.156. The quantitative estimate of drug-likeness (QED) is 0.541. The van der Waals surface area contributed by atoms with Gasteiger partial charge in [0.05, 0.1) is 24.7 Å². The van der Waals surface area contributed by atoms with Gasteiger partial charge in [0.15, 0.2) is 0 Å². The predicted octanol–water partition coefficient (Wildman–Crippen LogP) is 3.13. The van der Waals surface area contributed by atoms with Gasteiger partial charge in [0.25, 0.3) is 0 Å². The summed E-state index contributed by atoms with van der Waals surface area (Å²) in [6, 6.07) is 10.1. The third-order valence-corrected chi connectivity index (χ3v) is 4.37. The van der Waals surface area contributed by atoms with E-state index in [0.29, 0.717) is 19.3 Å². The van der Waals surface area contributed by atoms with Gasteiger partial charge < -0.3 is 19.3 Å². The molecule has 0 bridgehead atoms. The summed E-state index contributed by atoms with van der Waals surface area (Å²) >= 11 is 0. The van der Waals surface area contributed by atoms with Gasteiger partial charge in [-0.1, -0.05) is 48.6 Å². The number of hydrogen-bond donors (Lipinski definition) is 1. The number of aliphatic hydroxyl groups is 1. The van der Waals surface area contributed by atoms with Gasteiger partial charge in [-0.25, -0.2) is 0 Å². The molecule has 1 heterocycles. The highest BCUT2D eigenvalue weighted by atomic mass is 16.5. The van der Waals surface area contributed by atoms with E-state index in [1.165, 1.54) is 0 Å². The first-order valence-corrected chi connectivity index (χ1v) is 8.93. The van der Waals surface area contributed by atoms with Gasteiger partial charge in [-0.3, -0.25) is 4.79 Å². The number of ether oxygens (including phenoxy) is 3. The zero-order valence-electron chi connectivity index (χ0n) is 15.4. The third-order valence-electron chi connectivity index (χ3n) is 4.37. The molecule has 1 aromatic carbocycles. The van der Waals surface area contributed by atoms with E-state index >= 15 is 0 Å². The molecule has 1 saturated heterocycles. The van der Waals surface area contributed by atoms with Gasteiger partial charge in [-0.15, -0.1) is 0 Å². The van der Waals surface area contributed by atoms with E-state index < -0.39 is 6.10 Å². The zero-order chi connectivity index (χ0) is 18.8. The molecule has 0 spiro atoms. The maximum atomic E-state index is 11.3. The SMILES string of the molecule is CO[C@H](C/C=C/[C@H]1C[C@H](O)CC(=O)O1)C[C@@H](/C=C/c1ccccc1)OC. The minimum Gasteiger partial charge on any atom is -0.458 e. The molecule has 1 fully saturated rings. The standard InChI is InChI=1S/C21H28O5/c1-24-18(9-6-10-20-13-17(22)14-21(23)26-20)15-19(25-2)12-11-16-7-4-3-5-8-16/h3-8,10-12,17-20,22H,9,13-15H2,1-2H3/b10-6+,12-11+/t17-,18+,19+,20-/m0/s1. The molecule has 0 aromatic heterocycles. The topological polar surface area (TPSA) is 65.0 Å². The Morgan fingerprint density at radius 2 is 2.04 bits per heavy atom. The van der Waals surface area contributed by atoms with Crippen molar-refractivity contribution in [1.82, 2.24) is 0 Å². The van der Waals surface area contributed by atoms with Crippen LogP contribution in [0.1, 0.15) is 31.2 Å². The van der Waals surface area contributed by atoms with Crippen LogP contribution < -0.4 is 0 Å². The van der Waals surface area contributed by atoms with Gasteiger partial charge in [0, 0.05) is 27.1 Å². The average Bonchev–Trinajstić information content (AvgIpc) is 2.63. The van der Waals surface area contributed by atoms with Crippen molar-refractivity contribution in [2.45, 2.75) is 50.1 Å². The molecular formula is C21H28O5. The third kappa shape index (κ3) is 7.12. The van der Waals surface area contributed by atoms with E-state index in [9.17, 15) is 9.90 Å². The molecule has 26 heavy (non-hydrogen) atoms. The maximum absolute atomic E-state index is 11.3. The highest BCUT2D eigenvalue weighted by molar-refractivity contribution is 5.71. The molecule has 5 heteroatoms. The Kier molecular flexibility index (Phi) is 8.54. The van der Waals surface area contributed by atoms with Gasteiger partial charge in [-0.05, 0) is 18.1 Å². The zero-order valence-corrected chi connectivity index (χ0v) is 15.4. The molecule has 0 saturated carbocycles. The molecule has 2 rings (SSSR count). The lowest BCUT2D eigenvalue weighted by Gasteiger charge is -2.23. The number of hydrogen-bond acceptors (Lipinski definition) is 5. The second kappa shape index (κ2) is 10.9. The van der Waals surface area contributed by atoms with Crippen molar-refractivity contribution in [2.75, 3.05) is 14.2 Å². The minimum absolute atomic E-state index is 0.0131. The molecule has 1 aliphatic rings. The van der Waals surface area contributed by atoms with E-state index in [0.717, 1.165) is 5.56 Å². The second-order valence-electron chi connectivity index (χ2n) is 6.42. The van der Waals surface area contributed by atoms with Crippen molar-refractivity contribution in [3.63, 3.8) is 0 Å². The normalized spacial score (nSPS) is 23.3. The van der Waals surface area contributed by atoms with Crippen molar-refractivity contribution >= 4 is 12.0 Å². The number of benzene rings is 1. The predicted molar refractivity (Wildman–Crippen MR) is 101 cm³/mol. The average molecular weight is 360 g/mol.